The molecule has 1 aliphatic heterocycles. The van der Waals surface area contributed by atoms with Crippen LogP contribution < -0.4 is 4.74 Å². The summed E-state index contributed by atoms with van der Waals surface area (Å²) in [6.45, 7) is 0.505. The van der Waals surface area contributed by atoms with Crippen LogP contribution in [-0.4, -0.2) is 12.4 Å². The summed E-state index contributed by atoms with van der Waals surface area (Å²) in [7, 11) is 0. The molecule has 0 aliphatic carbocycles. The molecule has 3 rings (SSSR count). The summed E-state index contributed by atoms with van der Waals surface area (Å²) in [6, 6.07) is 12.3. The smallest absolute Gasteiger partial charge is 0.145 e. The van der Waals surface area contributed by atoms with Crippen molar-refractivity contribution in [2.45, 2.75) is 18.8 Å². The quantitative estimate of drug-likeness (QED) is 0.851. The Balaban J connectivity index is 1.85. The first-order valence-corrected chi connectivity index (χ1v) is 7.22. The van der Waals surface area contributed by atoms with E-state index >= 15 is 0 Å². The third-order valence-electron chi connectivity index (χ3n) is 3.74. The van der Waals surface area contributed by atoms with E-state index in [4.69, 9.17) is 16.3 Å². The van der Waals surface area contributed by atoms with Gasteiger partial charge in [0.1, 0.15) is 17.3 Å². The molecule has 0 N–H and O–H groups in total. The molecular formula is C17H14ClFO2. The molecule has 4 heteroatoms. The summed E-state index contributed by atoms with van der Waals surface area (Å²) < 4.78 is 19.5. The molecule has 108 valence electrons. The van der Waals surface area contributed by atoms with Gasteiger partial charge in [0.2, 0.25) is 0 Å². The van der Waals surface area contributed by atoms with E-state index in [0.717, 1.165) is 11.3 Å². The van der Waals surface area contributed by atoms with Gasteiger partial charge in [-0.1, -0.05) is 41.9 Å². The fraction of sp³-hybridized carbons (Fsp3) is 0.235. The normalized spacial score (nSPS) is 17.0. The second kappa shape index (κ2) is 5.86. The second-order valence-electron chi connectivity index (χ2n) is 5.08. The van der Waals surface area contributed by atoms with Crippen molar-refractivity contribution in [2.24, 2.45) is 0 Å². The van der Waals surface area contributed by atoms with Crippen molar-refractivity contribution >= 4 is 17.4 Å². The van der Waals surface area contributed by atoms with Gasteiger partial charge in [-0.2, -0.15) is 0 Å². The van der Waals surface area contributed by atoms with Crippen molar-refractivity contribution in [3.63, 3.8) is 0 Å². The molecule has 1 heterocycles. The zero-order valence-electron chi connectivity index (χ0n) is 11.3. The van der Waals surface area contributed by atoms with E-state index < -0.39 is 5.82 Å². The molecule has 0 fully saturated rings. The molecule has 0 amide bonds. The first-order chi connectivity index (χ1) is 10.2. The van der Waals surface area contributed by atoms with Crippen LogP contribution in [0.2, 0.25) is 5.02 Å². The lowest BCUT2D eigenvalue weighted by atomic mass is 9.87. The van der Waals surface area contributed by atoms with Gasteiger partial charge in [0.15, 0.2) is 0 Å². The first kappa shape index (κ1) is 14.1. The van der Waals surface area contributed by atoms with Crippen molar-refractivity contribution in [1.29, 1.82) is 0 Å². The number of Topliss-reactive ketones (excluding diaryl/α,β-unsaturated/α-hetero) is 1. The fourth-order valence-electron chi connectivity index (χ4n) is 2.67. The van der Waals surface area contributed by atoms with Gasteiger partial charge in [0.25, 0.3) is 0 Å². The molecule has 1 aliphatic rings. The monoisotopic (exact) mass is 304 g/mol. The molecule has 2 aromatic rings. The van der Waals surface area contributed by atoms with Crippen molar-refractivity contribution in [2.75, 3.05) is 6.61 Å². The van der Waals surface area contributed by atoms with Gasteiger partial charge >= 0.3 is 0 Å². The number of hydrogen-bond acceptors (Lipinski definition) is 2. The van der Waals surface area contributed by atoms with Crippen LogP contribution in [0.1, 0.15) is 23.5 Å². The van der Waals surface area contributed by atoms with E-state index in [1.807, 2.05) is 24.3 Å². The highest BCUT2D eigenvalue weighted by Crippen LogP contribution is 2.34. The number of para-hydroxylation sites is 1. The molecule has 0 spiro atoms. The Morgan fingerprint density at radius 3 is 2.90 bits per heavy atom. The lowest BCUT2D eigenvalue weighted by Gasteiger charge is -2.25. The topological polar surface area (TPSA) is 26.3 Å². The number of carbonyl (C=O) groups excluding carboxylic acids is 1. The molecule has 0 radical (unpaired) electrons. The SMILES string of the molecule is O=C(Cc1cccc(Cl)c1F)C1CCOc2ccccc21. The number of halogens is 2. The van der Waals surface area contributed by atoms with Crippen LogP contribution in [0.15, 0.2) is 42.5 Å². The highest BCUT2D eigenvalue weighted by atomic mass is 35.5. The molecule has 2 nitrogen and oxygen atoms in total. The van der Waals surface area contributed by atoms with Crippen molar-refractivity contribution in [1.82, 2.24) is 0 Å². The Hall–Kier alpha value is -1.87. The maximum atomic E-state index is 13.9. The predicted molar refractivity (Wildman–Crippen MR) is 79.4 cm³/mol. The van der Waals surface area contributed by atoms with E-state index in [1.54, 1.807) is 12.1 Å². The molecule has 1 atom stereocenters. The predicted octanol–water partition coefficient (Wildman–Crippen LogP) is 4.16. The van der Waals surface area contributed by atoms with Crippen LogP contribution >= 0.6 is 11.6 Å². The van der Waals surface area contributed by atoms with E-state index in [2.05, 4.69) is 0 Å². The summed E-state index contributed by atoms with van der Waals surface area (Å²) >= 11 is 5.76. The number of fused-ring (bicyclic) bond motifs is 1. The molecular weight excluding hydrogens is 291 g/mol. The first-order valence-electron chi connectivity index (χ1n) is 6.84. The van der Waals surface area contributed by atoms with E-state index in [9.17, 15) is 9.18 Å². The van der Waals surface area contributed by atoms with Crippen LogP contribution in [0.3, 0.4) is 0 Å². The minimum Gasteiger partial charge on any atom is -0.493 e. The van der Waals surface area contributed by atoms with Crippen LogP contribution in [0.25, 0.3) is 0 Å². The Labute approximate surface area is 127 Å². The average molecular weight is 305 g/mol. The third kappa shape index (κ3) is 2.79. The van der Waals surface area contributed by atoms with Gasteiger partial charge in [-0.25, -0.2) is 4.39 Å². The number of carbonyl (C=O) groups is 1. The Kier molecular flexibility index (Phi) is 3.93. The van der Waals surface area contributed by atoms with E-state index in [-0.39, 0.29) is 23.1 Å². The number of hydrogen-bond donors (Lipinski definition) is 0. The van der Waals surface area contributed by atoms with Gasteiger partial charge in [0, 0.05) is 17.9 Å². The standard InChI is InChI=1S/C17H14ClFO2/c18-14-6-3-4-11(17(14)19)10-15(20)12-8-9-21-16-7-2-1-5-13(12)16/h1-7,12H,8-10H2. The summed E-state index contributed by atoms with van der Waals surface area (Å²) in [6.07, 6.45) is 0.670. The lowest BCUT2D eigenvalue weighted by Crippen LogP contribution is -2.23. The van der Waals surface area contributed by atoms with E-state index in [1.165, 1.54) is 6.07 Å². The summed E-state index contributed by atoms with van der Waals surface area (Å²) in [5, 5.41) is 0.0488. The summed E-state index contributed by atoms with van der Waals surface area (Å²) in [5.74, 6) is -0.0122. The minimum absolute atomic E-state index is 0.00748. The van der Waals surface area contributed by atoms with Gasteiger partial charge < -0.3 is 4.74 Å². The molecule has 0 bridgehead atoms. The van der Waals surface area contributed by atoms with Crippen molar-refractivity contribution < 1.29 is 13.9 Å². The largest absolute Gasteiger partial charge is 0.493 e. The number of ketones is 1. The highest BCUT2D eigenvalue weighted by molar-refractivity contribution is 6.30. The van der Waals surface area contributed by atoms with Gasteiger partial charge in [-0.3, -0.25) is 4.79 Å². The maximum Gasteiger partial charge on any atom is 0.145 e. The minimum atomic E-state index is -0.507. The number of benzene rings is 2. The molecule has 0 aromatic heterocycles. The average Bonchev–Trinajstić information content (AvgIpc) is 2.51. The van der Waals surface area contributed by atoms with Gasteiger partial charge in [0.05, 0.1) is 11.6 Å². The van der Waals surface area contributed by atoms with Crippen molar-refractivity contribution in [3.05, 3.63) is 64.4 Å². The Morgan fingerprint density at radius 1 is 1.24 bits per heavy atom. The molecule has 21 heavy (non-hydrogen) atoms. The van der Waals surface area contributed by atoms with E-state index in [0.29, 0.717) is 18.6 Å². The molecule has 0 saturated heterocycles. The molecule has 1 unspecified atom stereocenters. The maximum absolute atomic E-state index is 13.9. The molecule has 0 saturated carbocycles. The Morgan fingerprint density at radius 2 is 2.05 bits per heavy atom. The zero-order chi connectivity index (χ0) is 14.8. The van der Waals surface area contributed by atoms with Crippen LogP contribution in [0, 0.1) is 5.82 Å². The highest BCUT2D eigenvalue weighted by Gasteiger charge is 2.27. The van der Waals surface area contributed by atoms with Gasteiger partial charge in [-0.05, 0) is 24.1 Å². The van der Waals surface area contributed by atoms with Crippen LogP contribution in [0.4, 0.5) is 4.39 Å². The molecule has 2 aromatic carbocycles. The van der Waals surface area contributed by atoms with Crippen LogP contribution in [-0.2, 0) is 11.2 Å². The summed E-state index contributed by atoms with van der Waals surface area (Å²) in [4.78, 5) is 12.5. The zero-order valence-corrected chi connectivity index (χ0v) is 12.1. The van der Waals surface area contributed by atoms with Gasteiger partial charge in [-0.15, -0.1) is 0 Å². The number of rotatable bonds is 3. The summed E-state index contributed by atoms with van der Waals surface area (Å²) in [5.41, 5.74) is 1.23. The fourth-order valence-corrected chi connectivity index (χ4v) is 2.87. The van der Waals surface area contributed by atoms with Crippen molar-refractivity contribution in [3.8, 4) is 5.75 Å². The number of ether oxygens (including phenoxy) is 1. The Bertz CT molecular complexity index is 684. The lowest BCUT2D eigenvalue weighted by molar-refractivity contribution is -0.120. The third-order valence-corrected chi connectivity index (χ3v) is 4.04. The second-order valence-corrected chi connectivity index (χ2v) is 5.49. The van der Waals surface area contributed by atoms with Crippen LogP contribution in [0.5, 0.6) is 5.75 Å².